The SMILES string of the molecule is COc1ccc(CC(C)(C)NCC(O)COc2cc(-c3ccc(C(=O)O)cc3)ccc2C#N)cc1. The Balaban J connectivity index is 1.59. The summed E-state index contributed by atoms with van der Waals surface area (Å²) in [7, 11) is 1.64. The molecular weight excluding hydrogens is 444 g/mol. The molecule has 0 saturated carbocycles. The van der Waals surface area contributed by atoms with Crippen LogP contribution in [0.1, 0.15) is 35.3 Å². The molecule has 7 nitrogen and oxygen atoms in total. The van der Waals surface area contributed by atoms with E-state index in [2.05, 4.69) is 25.2 Å². The third-order valence-corrected chi connectivity index (χ3v) is 5.62. The number of nitrogens with one attached hydrogen (secondary N) is 1. The number of hydrogen-bond donors (Lipinski definition) is 3. The number of nitriles is 1. The van der Waals surface area contributed by atoms with Gasteiger partial charge in [0.15, 0.2) is 0 Å². The number of methoxy groups -OCH3 is 1. The number of aromatic carboxylic acids is 1. The van der Waals surface area contributed by atoms with Gasteiger partial charge in [0.1, 0.15) is 30.3 Å². The van der Waals surface area contributed by atoms with Crippen molar-refractivity contribution in [2.24, 2.45) is 0 Å². The number of carboxylic acid groups (broad SMARTS) is 1. The van der Waals surface area contributed by atoms with Gasteiger partial charge in [0.25, 0.3) is 0 Å². The lowest BCUT2D eigenvalue weighted by Crippen LogP contribution is -2.46. The topological polar surface area (TPSA) is 112 Å². The Morgan fingerprint density at radius 1 is 1.06 bits per heavy atom. The Kier molecular flexibility index (Phi) is 8.48. The van der Waals surface area contributed by atoms with E-state index in [0.29, 0.717) is 17.9 Å². The maximum atomic E-state index is 11.1. The lowest BCUT2D eigenvalue weighted by Gasteiger charge is -2.28. The zero-order chi connectivity index (χ0) is 25.4. The summed E-state index contributed by atoms with van der Waals surface area (Å²) >= 11 is 0. The highest BCUT2D eigenvalue weighted by molar-refractivity contribution is 5.88. The Morgan fingerprint density at radius 3 is 2.31 bits per heavy atom. The summed E-state index contributed by atoms with van der Waals surface area (Å²) < 4.78 is 11.0. The predicted molar refractivity (Wildman–Crippen MR) is 134 cm³/mol. The van der Waals surface area contributed by atoms with E-state index in [4.69, 9.17) is 14.6 Å². The fraction of sp³-hybridized carbons (Fsp3) is 0.286. The molecule has 0 saturated heterocycles. The number of benzene rings is 3. The van der Waals surface area contributed by atoms with Crippen LogP contribution in [-0.2, 0) is 6.42 Å². The third kappa shape index (κ3) is 7.31. The van der Waals surface area contributed by atoms with Crippen molar-refractivity contribution in [3.8, 4) is 28.7 Å². The first-order valence-electron chi connectivity index (χ1n) is 11.3. The summed E-state index contributed by atoms with van der Waals surface area (Å²) in [6, 6.07) is 21.6. The molecule has 3 rings (SSSR count). The van der Waals surface area contributed by atoms with Crippen molar-refractivity contribution < 1.29 is 24.5 Å². The van der Waals surface area contributed by atoms with Gasteiger partial charge in [-0.25, -0.2) is 4.79 Å². The quantitative estimate of drug-likeness (QED) is 0.380. The van der Waals surface area contributed by atoms with Crippen molar-refractivity contribution >= 4 is 5.97 Å². The van der Waals surface area contributed by atoms with E-state index in [1.54, 1.807) is 37.4 Å². The lowest BCUT2D eigenvalue weighted by molar-refractivity contribution is 0.0697. The number of carboxylic acids is 1. The molecule has 1 unspecified atom stereocenters. The Morgan fingerprint density at radius 2 is 1.71 bits per heavy atom. The second-order valence-corrected chi connectivity index (χ2v) is 8.96. The molecule has 3 aromatic carbocycles. The summed E-state index contributed by atoms with van der Waals surface area (Å²) in [5.74, 6) is 0.184. The van der Waals surface area contributed by atoms with Gasteiger partial charge < -0.3 is 25.0 Å². The summed E-state index contributed by atoms with van der Waals surface area (Å²) in [5.41, 5.74) is 3.03. The molecule has 0 bridgehead atoms. The summed E-state index contributed by atoms with van der Waals surface area (Å²) in [6.45, 7) is 4.47. The number of aliphatic hydroxyl groups is 1. The van der Waals surface area contributed by atoms with E-state index in [0.717, 1.165) is 28.9 Å². The van der Waals surface area contributed by atoms with Crippen LogP contribution in [0.2, 0.25) is 0 Å². The largest absolute Gasteiger partial charge is 0.497 e. The number of nitrogens with zero attached hydrogens (tertiary/aromatic N) is 1. The molecule has 0 aromatic heterocycles. The van der Waals surface area contributed by atoms with Crippen molar-refractivity contribution in [2.75, 3.05) is 20.3 Å². The van der Waals surface area contributed by atoms with Crippen LogP contribution in [0.15, 0.2) is 66.7 Å². The Bertz CT molecular complexity index is 1180. The van der Waals surface area contributed by atoms with Crippen molar-refractivity contribution in [2.45, 2.75) is 31.9 Å². The summed E-state index contributed by atoms with van der Waals surface area (Å²) in [4.78, 5) is 11.1. The van der Waals surface area contributed by atoms with Gasteiger partial charge in [-0.1, -0.05) is 30.3 Å². The summed E-state index contributed by atoms with van der Waals surface area (Å²) in [5, 5.41) is 32.4. The number of carbonyl (C=O) groups is 1. The minimum atomic E-state index is -0.991. The van der Waals surface area contributed by atoms with Gasteiger partial charge in [-0.15, -0.1) is 0 Å². The molecule has 0 spiro atoms. The van der Waals surface area contributed by atoms with Crippen LogP contribution in [0.5, 0.6) is 11.5 Å². The first-order chi connectivity index (χ1) is 16.7. The number of hydrogen-bond acceptors (Lipinski definition) is 6. The Hall–Kier alpha value is -3.86. The molecular formula is C28H30N2O5. The second-order valence-electron chi connectivity index (χ2n) is 8.96. The molecule has 35 heavy (non-hydrogen) atoms. The molecule has 3 aromatic rings. The highest BCUT2D eigenvalue weighted by atomic mass is 16.5. The van der Waals surface area contributed by atoms with Crippen LogP contribution in [0.4, 0.5) is 0 Å². The zero-order valence-electron chi connectivity index (χ0n) is 20.1. The maximum absolute atomic E-state index is 11.1. The van der Waals surface area contributed by atoms with E-state index in [1.165, 1.54) is 12.1 Å². The fourth-order valence-corrected chi connectivity index (χ4v) is 3.67. The van der Waals surface area contributed by atoms with Crippen LogP contribution >= 0.6 is 0 Å². The van der Waals surface area contributed by atoms with Crippen molar-refractivity contribution in [1.29, 1.82) is 5.26 Å². The van der Waals surface area contributed by atoms with E-state index < -0.39 is 12.1 Å². The zero-order valence-corrected chi connectivity index (χ0v) is 20.1. The number of ether oxygens (including phenoxy) is 2. The first-order valence-corrected chi connectivity index (χ1v) is 11.3. The monoisotopic (exact) mass is 474 g/mol. The minimum absolute atomic E-state index is 0.0156. The van der Waals surface area contributed by atoms with Crippen LogP contribution in [0.25, 0.3) is 11.1 Å². The third-order valence-electron chi connectivity index (χ3n) is 5.62. The van der Waals surface area contributed by atoms with Crippen LogP contribution in [0.3, 0.4) is 0 Å². The molecule has 0 aliphatic heterocycles. The molecule has 0 aliphatic rings. The van der Waals surface area contributed by atoms with Gasteiger partial charge in [-0.2, -0.15) is 5.26 Å². The van der Waals surface area contributed by atoms with Gasteiger partial charge in [-0.3, -0.25) is 0 Å². The molecule has 0 radical (unpaired) electrons. The van der Waals surface area contributed by atoms with Gasteiger partial charge >= 0.3 is 5.97 Å². The van der Waals surface area contributed by atoms with Gasteiger partial charge in [0, 0.05) is 12.1 Å². The van der Waals surface area contributed by atoms with Crippen LogP contribution in [0, 0.1) is 11.3 Å². The van der Waals surface area contributed by atoms with Crippen LogP contribution in [-0.4, -0.2) is 48.1 Å². The molecule has 0 heterocycles. The molecule has 1 atom stereocenters. The summed E-state index contributed by atoms with van der Waals surface area (Å²) in [6.07, 6.45) is -0.0125. The smallest absolute Gasteiger partial charge is 0.335 e. The van der Waals surface area contributed by atoms with Gasteiger partial charge in [0.2, 0.25) is 0 Å². The van der Waals surface area contributed by atoms with E-state index >= 15 is 0 Å². The highest BCUT2D eigenvalue weighted by Crippen LogP contribution is 2.27. The molecule has 7 heteroatoms. The molecule has 3 N–H and O–H groups in total. The van der Waals surface area contributed by atoms with Gasteiger partial charge in [0.05, 0.1) is 18.2 Å². The lowest BCUT2D eigenvalue weighted by atomic mass is 9.94. The van der Waals surface area contributed by atoms with Crippen molar-refractivity contribution in [3.63, 3.8) is 0 Å². The Labute approximate surface area is 205 Å². The van der Waals surface area contributed by atoms with E-state index in [9.17, 15) is 15.2 Å². The van der Waals surface area contributed by atoms with Gasteiger partial charge in [-0.05, 0) is 73.4 Å². The van der Waals surface area contributed by atoms with Crippen molar-refractivity contribution in [3.05, 3.63) is 83.4 Å². The van der Waals surface area contributed by atoms with Crippen molar-refractivity contribution in [1.82, 2.24) is 5.32 Å². The van der Waals surface area contributed by atoms with E-state index in [1.807, 2.05) is 24.3 Å². The maximum Gasteiger partial charge on any atom is 0.335 e. The fourth-order valence-electron chi connectivity index (χ4n) is 3.67. The van der Waals surface area contributed by atoms with Crippen LogP contribution < -0.4 is 14.8 Å². The molecule has 182 valence electrons. The molecule has 0 amide bonds. The number of rotatable bonds is 11. The second kappa shape index (κ2) is 11.5. The minimum Gasteiger partial charge on any atom is -0.497 e. The predicted octanol–water partition coefficient (Wildman–Crippen LogP) is 4.28. The highest BCUT2D eigenvalue weighted by Gasteiger charge is 2.20. The standard InChI is InChI=1S/C28H30N2O5/c1-28(2,15-19-4-12-25(34-3)13-5-19)30-17-24(31)18-35-26-14-22(10-11-23(26)16-29)20-6-8-21(9-7-20)27(32)33/h4-14,24,30-31H,15,17-18H2,1-3H3,(H,32,33). The average Bonchev–Trinajstić information content (AvgIpc) is 2.86. The average molecular weight is 475 g/mol. The number of β-amino-alcohol motifs (C(OH)–C–C–N with tert-alkyl or cyclic N) is 1. The molecule has 0 fully saturated rings. The number of aliphatic hydroxyl groups excluding tert-OH is 1. The van der Waals surface area contributed by atoms with E-state index in [-0.39, 0.29) is 17.7 Å². The normalized spacial score (nSPS) is 12.0. The molecule has 0 aliphatic carbocycles. The first kappa shape index (κ1) is 25.8.